The van der Waals surface area contributed by atoms with Crippen LogP contribution < -0.4 is 5.32 Å². The van der Waals surface area contributed by atoms with Crippen LogP contribution in [0.15, 0.2) is 18.7 Å². The average Bonchev–Trinajstić information content (AvgIpc) is 2.86. The van der Waals surface area contributed by atoms with E-state index in [1.165, 1.54) is 0 Å². The van der Waals surface area contributed by atoms with Crippen LogP contribution in [0.3, 0.4) is 0 Å². The molecule has 2 amide bonds. The first-order valence-electron chi connectivity index (χ1n) is 6.38. The lowest BCUT2D eigenvalue weighted by atomic mass is 10.3. The fourth-order valence-electron chi connectivity index (χ4n) is 0.950. The second-order valence-electron chi connectivity index (χ2n) is 3.75. The number of imidazole rings is 1. The Labute approximate surface area is 118 Å². The molecule has 3 N–H and O–H groups in total. The van der Waals surface area contributed by atoms with E-state index in [-0.39, 0.29) is 11.8 Å². The third-order valence-electron chi connectivity index (χ3n) is 1.64. The van der Waals surface area contributed by atoms with Gasteiger partial charge in [-0.3, -0.25) is 19.7 Å². The van der Waals surface area contributed by atoms with Crippen LogP contribution in [0.2, 0.25) is 0 Å². The molecule has 0 saturated heterocycles. The van der Waals surface area contributed by atoms with Crippen molar-refractivity contribution in [3.8, 4) is 0 Å². The Kier molecular flexibility index (Phi) is 15.0. The van der Waals surface area contributed by atoms with Crippen LogP contribution >= 0.6 is 0 Å². The number of amides is 2. The van der Waals surface area contributed by atoms with Gasteiger partial charge < -0.3 is 10.1 Å². The maximum absolute atomic E-state index is 10.8. The molecule has 0 saturated carbocycles. The largest absolute Gasteiger partial charge is 0.481 e. The molecule has 0 fully saturated rings. The van der Waals surface area contributed by atoms with Crippen molar-refractivity contribution in [1.82, 2.24) is 15.3 Å². The molecular weight excluding hydrogens is 262 g/mol. The summed E-state index contributed by atoms with van der Waals surface area (Å²) in [5.41, 5.74) is 0. The minimum Gasteiger partial charge on any atom is -0.481 e. The molecule has 0 atom stereocenters. The summed E-state index contributed by atoms with van der Waals surface area (Å²) in [7, 11) is 0. The summed E-state index contributed by atoms with van der Waals surface area (Å²) in [4.78, 5) is 37.0. The molecule has 7 nitrogen and oxygen atoms in total. The van der Waals surface area contributed by atoms with Crippen molar-refractivity contribution >= 4 is 17.8 Å². The first kappa shape index (κ1) is 20.1. The Morgan fingerprint density at radius 1 is 1.15 bits per heavy atom. The van der Waals surface area contributed by atoms with Crippen molar-refractivity contribution in [3.05, 3.63) is 18.7 Å². The zero-order valence-electron chi connectivity index (χ0n) is 12.2. The van der Waals surface area contributed by atoms with E-state index in [0.29, 0.717) is 12.8 Å². The molecule has 0 aliphatic rings. The number of carboxylic acid groups (broad SMARTS) is 1. The predicted octanol–water partition coefficient (Wildman–Crippen LogP) is 1.73. The topological polar surface area (TPSA) is 112 Å². The number of H-pyrrole nitrogens is 1. The summed E-state index contributed by atoms with van der Waals surface area (Å²) in [6.45, 7) is 4.90. The van der Waals surface area contributed by atoms with Gasteiger partial charge in [-0.15, -0.1) is 0 Å². The number of hydrogen-bond donors (Lipinski definition) is 3. The molecule has 0 radical (unpaired) electrons. The molecule has 0 aromatic carbocycles. The molecule has 20 heavy (non-hydrogen) atoms. The monoisotopic (exact) mass is 285 g/mol. The molecule has 7 heteroatoms. The number of carbonyl (C=O) groups is 3. The molecule has 1 heterocycles. The first-order chi connectivity index (χ1) is 9.43. The second-order valence-corrected chi connectivity index (χ2v) is 3.75. The van der Waals surface area contributed by atoms with Crippen molar-refractivity contribution in [2.24, 2.45) is 0 Å². The quantitative estimate of drug-likeness (QED) is 0.779. The predicted molar refractivity (Wildman–Crippen MR) is 74.9 cm³/mol. The van der Waals surface area contributed by atoms with Crippen LogP contribution in [-0.4, -0.2) is 32.9 Å². The average molecular weight is 285 g/mol. The Hall–Kier alpha value is -2.18. The standard InChI is InChI=1S/C8H15NO2.C3H4N2.C2H4O2/c1-3-5-7(10)9-8(11)6-4-2;1-2-5-3-4-1;1-2(3)4/h3-6H2,1-2H3,(H,9,10,11);1-3H,(H,4,5);1H3,(H,3,4). The van der Waals surface area contributed by atoms with Gasteiger partial charge >= 0.3 is 0 Å². The Balaban J connectivity index is 0. The van der Waals surface area contributed by atoms with Crippen LogP contribution in [0, 0.1) is 0 Å². The number of aliphatic carboxylic acids is 1. The lowest BCUT2D eigenvalue weighted by Gasteiger charge is -1.99. The highest BCUT2D eigenvalue weighted by Crippen LogP contribution is 1.89. The SMILES string of the molecule is CC(=O)O.CCCC(=O)NC(=O)CCC.c1c[nH]cn1. The number of imide groups is 1. The summed E-state index contributed by atoms with van der Waals surface area (Å²) < 4.78 is 0. The van der Waals surface area contributed by atoms with Crippen LogP contribution in [-0.2, 0) is 14.4 Å². The van der Waals surface area contributed by atoms with Crippen molar-refractivity contribution in [2.45, 2.75) is 46.5 Å². The van der Waals surface area contributed by atoms with Gasteiger partial charge in [0.2, 0.25) is 11.8 Å². The Bertz CT molecular complexity index is 326. The van der Waals surface area contributed by atoms with E-state index < -0.39 is 5.97 Å². The highest BCUT2D eigenvalue weighted by Gasteiger charge is 2.04. The molecule has 0 aliphatic heterocycles. The molecule has 0 spiro atoms. The molecular formula is C13H23N3O4. The summed E-state index contributed by atoms with van der Waals surface area (Å²) in [5.74, 6) is -1.16. The van der Waals surface area contributed by atoms with Gasteiger partial charge in [-0.05, 0) is 12.8 Å². The van der Waals surface area contributed by atoms with Gasteiger partial charge in [-0.1, -0.05) is 13.8 Å². The van der Waals surface area contributed by atoms with E-state index in [4.69, 9.17) is 9.90 Å². The maximum Gasteiger partial charge on any atom is 0.300 e. The summed E-state index contributed by atoms with van der Waals surface area (Å²) in [6.07, 6.45) is 7.53. The zero-order valence-corrected chi connectivity index (χ0v) is 12.2. The second kappa shape index (κ2) is 14.9. The van der Waals surface area contributed by atoms with E-state index >= 15 is 0 Å². The molecule has 1 rings (SSSR count). The summed E-state index contributed by atoms with van der Waals surface area (Å²) in [6, 6.07) is 0. The molecule has 0 aliphatic carbocycles. The molecule has 114 valence electrons. The number of nitrogens with zero attached hydrogens (tertiary/aromatic N) is 1. The molecule has 1 aromatic heterocycles. The van der Waals surface area contributed by atoms with Gasteiger partial charge in [-0.2, -0.15) is 0 Å². The highest BCUT2D eigenvalue weighted by molar-refractivity contribution is 5.94. The van der Waals surface area contributed by atoms with Crippen molar-refractivity contribution in [2.75, 3.05) is 0 Å². The zero-order chi connectivity index (χ0) is 15.8. The number of aromatic nitrogens is 2. The fourth-order valence-corrected chi connectivity index (χ4v) is 0.950. The fraction of sp³-hybridized carbons (Fsp3) is 0.538. The van der Waals surface area contributed by atoms with Crippen molar-refractivity contribution in [3.63, 3.8) is 0 Å². The number of aromatic amines is 1. The number of nitrogens with one attached hydrogen (secondary N) is 2. The smallest absolute Gasteiger partial charge is 0.300 e. The third-order valence-corrected chi connectivity index (χ3v) is 1.64. The van der Waals surface area contributed by atoms with Gasteiger partial charge in [-0.25, -0.2) is 4.98 Å². The highest BCUT2D eigenvalue weighted by atomic mass is 16.4. The Morgan fingerprint density at radius 3 is 1.80 bits per heavy atom. The van der Waals surface area contributed by atoms with Gasteiger partial charge in [0.15, 0.2) is 0 Å². The first-order valence-corrected chi connectivity index (χ1v) is 6.38. The third kappa shape index (κ3) is 21.1. The van der Waals surface area contributed by atoms with Crippen LogP contribution in [0.1, 0.15) is 46.5 Å². The minimum atomic E-state index is -0.833. The normalized spacial score (nSPS) is 8.35. The van der Waals surface area contributed by atoms with E-state index in [0.717, 1.165) is 19.8 Å². The number of rotatable bonds is 4. The van der Waals surface area contributed by atoms with E-state index in [2.05, 4.69) is 15.3 Å². The molecule has 0 bridgehead atoms. The van der Waals surface area contributed by atoms with Crippen LogP contribution in [0.5, 0.6) is 0 Å². The van der Waals surface area contributed by atoms with Crippen molar-refractivity contribution in [1.29, 1.82) is 0 Å². The number of hydrogen-bond acceptors (Lipinski definition) is 4. The molecule has 0 unspecified atom stereocenters. The lowest BCUT2D eigenvalue weighted by molar-refractivity contribution is -0.134. The molecule has 1 aromatic rings. The van der Waals surface area contributed by atoms with E-state index in [1.807, 2.05) is 13.8 Å². The Morgan fingerprint density at radius 2 is 1.60 bits per heavy atom. The summed E-state index contributed by atoms with van der Waals surface area (Å²) in [5, 5.41) is 9.72. The minimum absolute atomic E-state index is 0.161. The van der Waals surface area contributed by atoms with Gasteiger partial charge in [0.05, 0.1) is 6.33 Å². The van der Waals surface area contributed by atoms with Gasteiger partial charge in [0.1, 0.15) is 0 Å². The van der Waals surface area contributed by atoms with E-state index in [9.17, 15) is 9.59 Å². The lowest BCUT2D eigenvalue weighted by Crippen LogP contribution is -2.29. The van der Waals surface area contributed by atoms with Crippen molar-refractivity contribution < 1.29 is 19.5 Å². The van der Waals surface area contributed by atoms with Gasteiger partial charge in [0, 0.05) is 32.2 Å². The van der Waals surface area contributed by atoms with Crippen LogP contribution in [0.25, 0.3) is 0 Å². The van der Waals surface area contributed by atoms with Crippen LogP contribution in [0.4, 0.5) is 0 Å². The summed E-state index contributed by atoms with van der Waals surface area (Å²) >= 11 is 0. The number of carbonyl (C=O) groups excluding carboxylic acids is 2. The van der Waals surface area contributed by atoms with E-state index in [1.54, 1.807) is 18.7 Å². The number of carboxylic acids is 1. The maximum atomic E-state index is 10.8. The van der Waals surface area contributed by atoms with Gasteiger partial charge in [0.25, 0.3) is 5.97 Å².